The first-order valence-electron chi connectivity index (χ1n) is 8.30. The summed E-state index contributed by atoms with van der Waals surface area (Å²) in [6.45, 7) is 2.98. The van der Waals surface area contributed by atoms with E-state index in [0.717, 1.165) is 29.3 Å². The number of nitrogens with zero attached hydrogens (tertiary/aromatic N) is 1. The van der Waals surface area contributed by atoms with E-state index in [1.807, 2.05) is 26.1 Å². The number of carbonyl (C=O) groups excluding carboxylic acids is 1. The van der Waals surface area contributed by atoms with Crippen LogP contribution in [0.15, 0.2) is 18.2 Å². The maximum atomic E-state index is 13.0. The van der Waals surface area contributed by atoms with E-state index in [1.165, 1.54) is 38.5 Å². The zero-order chi connectivity index (χ0) is 14.8. The molecular formula is C18H26N2O. The number of carbonyl (C=O) groups is 1. The number of nitrogens with one attached hydrogen (secondary N) is 1. The van der Waals surface area contributed by atoms with Crippen LogP contribution in [0.25, 0.3) is 0 Å². The highest BCUT2D eigenvalue weighted by Crippen LogP contribution is 2.36. The molecule has 1 saturated carbocycles. The summed E-state index contributed by atoms with van der Waals surface area (Å²) in [5.41, 5.74) is 3.02. The van der Waals surface area contributed by atoms with Crippen molar-refractivity contribution in [2.75, 3.05) is 18.9 Å². The lowest BCUT2D eigenvalue weighted by Gasteiger charge is -2.44. The lowest BCUT2D eigenvalue weighted by Crippen LogP contribution is -2.49. The van der Waals surface area contributed by atoms with E-state index in [4.69, 9.17) is 0 Å². The predicted octanol–water partition coefficient (Wildman–Crippen LogP) is 3.83. The van der Waals surface area contributed by atoms with Gasteiger partial charge in [-0.3, -0.25) is 4.79 Å². The van der Waals surface area contributed by atoms with Gasteiger partial charge in [-0.15, -0.1) is 0 Å². The normalized spacial score (nSPS) is 25.3. The van der Waals surface area contributed by atoms with E-state index in [2.05, 4.69) is 16.3 Å². The summed E-state index contributed by atoms with van der Waals surface area (Å²) in [5, 5.41) is 3.13. The number of hydrogen-bond acceptors (Lipinski definition) is 2. The Bertz CT molecular complexity index is 524. The van der Waals surface area contributed by atoms with Crippen molar-refractivity contribution >= 4 is 11.6 Å². The molecule has 1 aromatic rings. The maximum absolute atomic E-state index is 13.0. The van der Waals surface area contributed by atoms with Crippen molar-refractivity contribution in [3.63, 3.8) is 0 Å². The van der Waals surface area contributed by atoms with Crippen LogP contribution in [0.2, 0.25) is 0 Å². The number of benzene rings is 1. The Morgan fingerprint density at radius 2 is 1.95 bits per heavy atom. The molecule has 2 fully saturated rings. The summed E-state index contributed by atoms with van der Waals surface area (Å²) in [7, 11) is 1.91. The quantitative estimate of drug-likeness (QED) is 0.896. The van der Waals surface area contributed by atoms with Gasteiger partial charge in [-0.05, 0) is 62.3 Å². The Hall–Kier alpha value is -1.51. The molecule has 21 heavy (non-hydrogen) atoms. The first-order valence-corrected chi connectivity index (χ1v) is 8.30. The second-order valence-electron chi connectivity index (χ2n) is 6.53. The number of anilines is 1. The summed E-state index contributed by atoms with van der Waals surface area (Å²) in [5.74, 6) is 0.986. The average molecular weight is 286 g/mol. The van der Waals surface area contributed by atoms with Gasteiger partial charge in [0.2, 0.25) is 0 Å². The molecule has 2 atom stereocenters. The van der Waals surface area contributed by atoms with Gasteiger partial charge in [0.25, 0.3) is 5.91 Å². The minimum atomic E-state index is 0.242. The van der Waals surface area contributed by atoms with E-state index in [-0.39, 0.29) is 5.91 Å². The number of likely N-dealkylation sites (tertiary alicyclic amines) is 1. The van der Waals surface area contributed by atoms with E-state index in [1.54, 1.807) is 0 Å². The van der Waals surface area contributed by atoms with Crippen LogP contribution < -0.4 is 5.32 Å². The molecule has 0 bridgehead atoms. The van der Waals surface area contributed by atoms with Gasteiger partial charge in [-0.1, -0.05) is 12.8 Å². The first-order chi connectivity index (χ1) is 10.2. The molecule has 0 spiro atoms. The van der Waals surface area contributed by atoms with Crippen molar-refractivity contribution in [1.29, 1.82) is 0 Å². The fourth-order valence-corrected chi connectivity index (χ4v) is 4.09. The number of hydrogen-bond donors (Lipinski definition) is 1. The monoisotopic (exact) mass is 286 g/mol. The molecular weight excluding hydrogens is 260 g/mol. The number of rotatable bonds is 2. The van der Waals surface area contributed by atoms with Crippen LogP contribution in [-0.2, 0) is 0 Å². The Labute approximate surface area is 127 Å². The molecule has 2 aliphatic rings. The van der Waals surface area contributed by atoms with Crippen molar-refractivity contribution in [2.24, 2.45) is 5.92 Å². The van der Waals surface area contributed by atoms with Crippen LogP contribution >= 0.6 is 0 Å². The number of fused-ring (bicyclic) bond motifs is 1. The molecule has 0 unspecified atom stereocenters. The summed E-state index contributed by atoms with van der Waals surface area (Å²) in [4.78, 5) is 15.2. The molecule has 0 aromatic heterocycles. The van der Waals surface area contributed by atoms with E-state index < -0.39 is 0 Å². The third-order valence-electron chi connectivity index (χ3n) is 5.25. The minimum absolute atomic E-state index is 0.242. The summed E-state index contributed by atoms with van der Waals surface area (Å²) < 4.78 is 0. The summed E-state index contributed by atoms with van der Waals surface area (Å²) >= 11 is 0. The molecule has 114 valence electrons. The van der Waals surface area contributed by atoms with Crippen LogP contribution in [0.1, 0.15) is 54.4 Å². The maximum Gasteiger partial charge on any atom is 0.254 e. The van der Waals surface area contributed by atoms with Gasteiger partial charge in [0.1, 0.15) is 0 Å². The number of piperidine rings is 1. The highest BCUT2D eigenvalue weighted by atomic mass is 16.2. The van der Waals surface area contributed by atoms with Gasteiger partial charge < -0.3 is 10.2 Å². The molecule has 0 radical (unpaired) electrons. The fraction of sp³-hybridized carbons (Fsp3) is 0.611. The van der Waals surface area contributed by atoms with E-state index in [0.29, 0.717) is 6.04 Å². The minimum Gasteiger partial charge on any atom is -0.388 e. The number of aryl methyl sites for hydroxylation is 1. The van der Waals surface area contributed by atoms with Gasteiger partial charge in [0, 0.05) is 30.9 Å². The molecule has 1 heterocycles. The highest BCUT2D eigenvalue weighted by molar-refractivity contribution is 5.96. The van der Waals surface area contributed by atoms with Gasteiger partial charge in [0.15, 0.2) is 0 Å². The fourth-order valence-electron chi connectivity index (χ4n) is 4.09. The van der Waals surface area contributed by atoms with Crippen LogP contribution in [0.3, 0.4) is 0 Å². The Kier molecular flexibility index (Phi) is 4.18. The Morgan fingerprint density at radius 3 is 2.71 bits per heavy atom. The van der Waals surface area contributed by atoms with Crippen LogP contribution in [0, 0.1) is 12.8 Å². The van der Waals surface area contributed by atoms with Crippen molar-refractivity contribution < 1.29 is 4.79 Å². The second-order valence-corrected chi connectivity index (χ2v) is 6.53. The summed E-state index contributed by atoms with van der Waals surface area (Å²) in [6, 6.07) is 6.54. The third kappa shape index (κ3) is 2.78. The molecule has 3 rings (SSSR count). The average Bonchev–Trinajstić information content (AvgIpc) is 2.53. The zero-order valence-electron chi connectivity index (χ0n) is 13.2. The smallest absolute Gasteiger partial charge is 0.254 e. The first kappa shape index (κ1) is 14.4. The van der Waals surface area contributed by atoms with Gasteiger partial charge in [-0.2, -0.15) is 0 Å². The summed E-state index contributed by atoms with van der Waals surface area (Å²) in [6.07, 6.45) is 7.62. The van der Waals surface area contributed by atoms with Gasteiger partial charge >= 0.3 is 0 Å². The largest absolute Gasteiger partial charge is 0.388 e. The predicted molar refractivity (Wildman–Crippen MR) is 86.7 cm³/mol. The third-order valence-corrected chi connectivity index (χ3v) is 5.25. The van der Waals surface area contributed by atoms with Gasteiger partial charge in [0.05, 0.1) is 0 Å². The molecule has 1 saturated heterocycles. The molecule has 3 heteroatoms. The van der Waals surface area contributed by atoms with Crippen LogP contribution in [0.4, 0.5) is 5.69 Å². The van der Waals surface area contributed by atoms with E-state index >= 15 is 0 Å². The molecule has 1 N–H and O–H groups in total. The van der Waals surface area contributed by atoms with Crippen LogP contribution in [0.5, 0.6) is 0 Å². The Balaban J connectivity index is 1.83. The topological polar surface area (TPSA) is 32.3 Å². The lowest BCUT2D eigenvalue weighted by molar-refractivity contribution is 0.0390. The van der Waals surface area contributed by atoms with Gasteiger partial charge in [-0.25, -0.2) is 0 Å². The lowest BCUT2D eigenvalue weighted by atomic mass is 9.78. The second kappa shape index (κ2) is 6.08. The van der Waals surface area contributed by atoms with Crippen molar-refractivity contribution in [3.05, 3.63) is 29.3 Å². The SMILES string of the molecule is CNc1ccc(C(=O)N2CCC[C@H]3CCCC[C@H]32)c(C)c1. The highest BCUT2D eigenvalue weighted by Gasteiger charge is 2.36. The molecule has 1 aliphatic heterocycles. The van der Waals surface area contributed by atoms with Crippen molar-refractivity contribution in [2.45, 2.75) is 51.5 Å². The Morgan fingerprint density at radius 1 is 1.19 bits per heavy atom. The number of amides is 1. The molecule has 1 amide bonds. The van der Waals surface area contributed by atoms with Crippen molar-refractivity contribution in [3.8, 4) is 0 Å². The van der Waals surface area contributed by atoms with E-state index in [9.17, 15) is 4.79 Å². The molecule has 1 aliphatic carbocycles. The molecule has 3 nitrogen and oxygen atoms in total. The standard InChI is InChI=1S/C18H26N2O/c1-13-12-15(19-2)9-10-16(13)18(21)20-11-5-7-14-6-3-4-8-17(14)20/h9-10,12,14,17,19H,3-8,11H2,1-2H3/t14-,17-/m1/s1. The van der Waals surface area contributed by atoms with Crippen molar-refractivity contribution in [1.82, 2.24) is 4.90 Å². The zero-order valence-corrected chi connectivity index (χ0v) is 13.2. The van der Waals surface area contributed by atoms with Crippen LogP contribution in [-0.4, -0.2) is 30.4 Å². The molecule has 1 aromatic carbocycles.